The fraction of sp³-hybridized carbons (Fsp3) is 0.640. The van der Waals surface area contributed by atoms with E-state index in [1.807, 2.05) is 6.92 Å². The SMILES string of the molecule is CCOC(=O)[C@@H]1[C@H]2C(=O)N(CCCCCO)C(C(=O)Nc3ccc(Cl)cc3)C23CC[C@@]1(CC)O3. The van der Waals surface area contributed by atoms with Crippen molar-refractivity contribution in [3.05, 3.63) is 29.3 Å². The number of likely N-dealkylation sites (tertiary alicyclic amines) is 1. The lowest BCUT2D eigenvalue weighted by molar-refractivity contribution is -0.160. The molecule has 0 aromatic heterocycles. The first-order valence-corrected chi connectivity index (χ1v) is 12.6. The Balaban J connectivity index is 1.69. The van der Waals surface area contributed by atoms with Gasteiger partial charge in [0.25, 0.3) is 0 Å². The van der Waals surface area contributed by atoms with E-state index in [0.717, 1.165) is 6.42 Å². The number of ether oxygens (including phenoxy) is 2. The smallest absolute Gasteiger partial charge is 0.312 e. The van der Waals surface area contributed by atoms with Crippen LogP contribution in [0.15, 0.2) is 24.3 Å². The van der Waals surface area contributed by atoms with E-state index in [-0.39, 0.29) is 25.0 Å². The molecule has 4 rings (SSSR count). The molecule has 0 aliphatic carbocycles. The molecule has 186 valence electrons. The maximum atomic E-state index is 13.8. The lowest BCUT2D eigenvalue weighted by atomic mass is 9.65. The van der Waals surface area contributed by atoms with E-state index in [9.17, 15) is 14.4 Å². The summed E-state index contributed by atoms with van der Waals surface area (Å²) < 4.78 is 12.0. The number of benzene rings is 1. The molecule has 3 aliphatic rings. The van der Waals surface area contributed by atoms with Crippen molar-refractivity contribution < 1.29 is 29.0 Å². The van der Waals surface area contributed by atoms with Gasteiger partial charge in [-0.1, -0.05) is 18.5 Å². The second kappa shape index (κ2) is 9.84. The normalized spacial score (nSPS) is 31.6. The number of aliphatic hydroxyl groups is 1. The van der Waals surface area contributed by atoms with Crippen molar-refractivity contribution in [1.82, 2.24) is 4.90 Å². The fourth-order valence-corrected chi connectivity index (χ4v) is 6.29. The lowest BCUT2D eigenvalue weighted by Crippen LogP contribution is -2.53. The van der Waals surface area contributed by atoms with Crippen LogP contribution in [-0.2, 0) is 23.9 Å². The fourth-order valence-electron chi connectivity index (χ4n) is 6.16. The third kappa shape index (κ3) is 3.99. The minimum atomic E-state index is -1.07. The highest BCUT2D eigenvalue weighted by Gasteiger charge is 2.78. The van der Waals surface area contributed by atoms with Crippen LogP contribution in [0.1, 0.15) is 52.4 Å². The van der Waals surface area contributed by atoms with Gasteiger partial charge in [-0.25, -0.2) is 0 Å². The average Bonchev–Trinajstić information content (AvgIpc) is 3.42. The zero-order valence-corrected chi connectivity index (χ0v) is 20.5. The summed E-state index contributed by atoms with van der Waals surface area (Å²) in [6, 6.07) is 5.93. The van der Waals surface area contributed by atoms with Crippen LogP contribution in [0, 0.1) is 11.8 Å². The molecule has 3 heterocycles. The highest BCUT2D eigenvalue weighted by molar-refractivity contribution is 6.30. The molecule has 0 saturated carbocycles. The number of esters is 1. The topological polar surface area (TPSA) is 105 Å². The number of fused-ring (bicyclic) bond motifs is 1. The van der Waals surface area contributed by atoms with Crippen LogP contribution in [0.5, 0.6) is 0 Å². The minimum absolute atomic E-state index is 0.0774. The second-order valence-electron chi connectivity index (χ2n) is 9.40. The van der Waals surface area contributed by atoms with Crippen molar-refractivity contribution in [2.45, 2.75) is 69.6 Å². The van der Waals surface area contributed by atoms with Gasteiger partial charge in [-0.2, -0.15) is 0 Å². The van der Waals surface area contributed by atoms with Gasteiger partial charge in [0.05, 0.1) is 18.1 Å². The van der Waals surface area contributed by atoms with Gasteiger partial charge in [-0.05, 0) is 69.7 Å². The average molecular weight is 493 g/mol. The maximum absolute atomic E-state index is 13.8. The number of carbonyl (C=O) groups excluding carboxylic acids is 3. The molecule has 1 aromatic rings. The Kier molecular flexibility index (Phi) is 7.22. The van der Waals surface area contributed by atoms with Gasteiger partial charge < -0.3 is 24.8 Å². The van der Waals surface area contributed by atoms with E-state index < -0.39 is 35.0 Å². The van der Waals surface area contributed by atoms with Gasteiger partial charge in [0, 0.05) is 23.9 Å². The first-order chi connectivity index (χ1) is 16.3. The van der Waals surface area contributed by atoms with Crippen LogP contribution >= 0.6 is 11.6 Å². The molecular weight excluding hydrogens is 460 g/mol. The van der Waals surface area contributed by atoms with E-state index in [1.54, 1.807) is 36.1 Å². The van der Waals surface area contributed by atoms with E-state index in [0.29, 0.717) is 49.4 Å². The first-order valence-electron chi connectivity index (χ1n) is 12.2. The van der Waals surface area contributed by atoms with E-state index in [2.05, 4.69) is 5.32 Å². The summed E-state index contributed by atoms with van der Waals surface area (Å²) in [6.45, 7) is 4.34. The number of amides is 2. The number of aliphatic hydroxyl groups excluding tert-OH is 1. The number of nitrogens with zero attached hydrogens (tertiary/aromatic N) is 1. The number of hydrogen-bond acceptors (Lipinski definition) is 6. The molecule has 2 unspecified atom stereocenters. The van der Waals surface area contributed by atoms with E-state index in [4.69, 9.17) is 26.2 Å². The Bertz CT molecular complexity index is 940. The van der Waals surface area contributed by atoms with E-state index >= 15 is 0 Å². The standard InChI is InChI=1S/C25H33ClN2O6/c1-3-24-12-13-25(34-24)18(19(24)23(32)33-4-2)22(31)28(14-6-5-7-15-29)20(25)21(30)27-17-10-8-16(26)9-11-17/h8-11,18-20,29H,3-7,12-15H2,1-2H3,(H,27,30)/t18-,19-,20?,24+,25?/m0/s1. The van der Waals surface area contributed by atoms with Crippen LogP contribution in [0.2, 0.25) is 5.02 Å². The summed E-state index contributed by atoms with van der Waals surface area (Å²) >= 11 is 5.98. The van der Waals surface area contributed by atoms with Crippen molar-refractivity contribution >= 4 is 35.1 Å². The maximum Gasteiger partial charge on any atom is 0.312 e. The molecule has 2 amide bonds. The van der Waals surface area contributed by atoms with Crippen molar-refractivity contribution in [2.24, 2.45) is 11.8 Å². The number of nitrogens with one attached hydrogen (secondary N) is 1. The molecule has 2 N–H and O–H groups in total. The Morgan fingerprint density at radius 1 is 1.21 bits per heavy atom. The van der Waals surface area contributed by atoms with Gasteiger partial charge >= 0.3 is 5.97 Å². The first kappa shape index (κ1) is 24.9. The largest absolute Gasteiger partial charge is 0.466 e. The Morgan fingerprint density at radius 3 is 2.59 bits per heavy atom. The van der Waals surface area contributed by atoms with Crippen LogP contribution in [-0.4, -0.2) is 64.8 Å². The Labute approximate surface area is 204 Å². The van der Waals surface area contributed by atoms with Gasteiger partial charge in [0.15, 0.2) is 0 Å². The van der Waals surface area contributed by atoms with Crippen LogP contribution in [0.3, 0.4) is 0 Å². The van der Waals surface area contributed by atoms with Gasteiger partial charge in [0.2, 0.25) is 11.8 Å². The third-order valence-corrected chi connectivity index (χ3v) is 7.89. The summed E-state index contributed by atoms with van der Waals surface area (Å²) in [5.41, 5.74) is -1.30. The molecule has 8 nitrogen and oxygen atoms in total. The van der Waals surface area contributed by atoms with Gasteiger partial charge in [0.1, 0.15) is 17.6 Å². The van der Waals surface area contributed by atoms with E-state index in [1.165, 1.54) is 0 Å². The molecule has 3 fully saturated rings. The number of anilines is 1. The minimum Gasteiger partial charge on any atom is -0.466 e. The number of unbranched alkanes of at least 4 members (excludes halogenated alkanes) is 2. The molecule has 2 bridgehead atoms. The summed E-state index contributed by atoms with van der Waals surface area (Å²) in [5.74, 6) is -2.47. The third-order valence-electron chi connectivity index (χ3n) is 7.64. The predicted molar refractivity (Wildman–Crippen MR) is 126 cm³/mol. The monoisotopic (exact) mass is 492 g/mol. The Morgan fingerprint density at radius 2 is 1.94 bits per heavy atom. The molecule has 1 spiro atoms. The molecule has 3 saturated heterocycles. The van der Waals surface area contributed by atoms with Crippen molar-refractivity contribution in [3.8, 4) is 0 Å². The predicted octanol–water partition coefficient (Wildman–Crippen LogP) is 3.16. The number of halogens is 1. The molecular formula is C25H33ClN2O6. The summed E-state index contributed by atoms with van der Waals surface area (Å²) in [7, 11) is 0. The summed E-state index contributed by atoms with van der Waals surface area (Å²) in [6.07, 6.45) is 3.68. The molecule has 9 heteroatoms. The molecule has 3 aliphatic heterocycles. The molecule has 34 heavy (non-hydrogen) atoms. The lowest BCUT2D eigenvalue weighted by Gasteiger charge is -2.33. The Hall–Kier alpha value is -2.16. The molecule has 5 atom stereocenters. The molecule has 1 aromatic carbocycles. The summed E-state index contributed by atoms with van der Waals surface area (Å²) in [4.78, 5) is 42.2. The number of carbonyl (C=O) groups is 3. The quantitative estimate of drug-likeness (QED) is 0.384. The number of rotatable bonds is 10. The van der Waals surface area contributed by atoms with Crippen molar-refractivity contribution in [1.29, 1.82) is 0 Å². The summed E-state index contributed by atoms with van der Waals surface area (Å²) in [5, 5.41) is 12.6. The van der Waals surface area contributed by atoms with Crippen LogP contribution < -0.4 is 5.32 Å². The second-order valence-corrected chi connectivity index (χ2v) is 9.83. The number of hydrogen-bond donors (Lipinski definition) is 2. The van der Waals surface area contributed by atoms with Gasteiger partial charge in [-0.3, -0.25) is 14.4 Å². The zero-order valence-electron chi connectivity index (χ0n) is 19.7. The zero-order chi connectivity index (χ0) is 24.5. The van der Waals surface area contributed by atoms with Crippen molar-refractivity contribution in [2.75, 3.05) is 25.1 Å². The van der Waals surface area contributed by atoms with Crippen molar-refractivity contribution in [3.63, 3.8) is 0 Å². The highest BCUT2D eigenvalue weighted by atomic mass is 35.5. The van der Waals surface area contributed by atoms with Gasteiger partial charge in [-0.15, -0.1) is 0 Å². The van der Waals surface area contributed by atoms with Crippen LogP contribution in [0.4, 0.5) is 5.69 Å². The highest BCUT2D eigenvalue weighted by Crippen LogP contribution is 2.64. The molecule has 0 radical (unpaired) electrons. The van der Waals surface area contributed by atoms with Crippen LogP contribution in [0.25, 0.3) is 0 Å².